The van der Waals surface area contributed by atoms with Crippen LogP contribution in [0.25, 0.3) is 0 Å². The van der Waals surface area contributed by atoms with E-state index in [4.69, 9.17) is 0 Å². The van der Waals surface area contributed by atoms with Crippen LogP contribution >= 0.6 is 0 Å². The monoisotopic (exact) mass is 214 g/mol. The van der Waals surface area contributed by atoms with E-state index in [1.165, 1.54) is 39.2 Å². The zero-order chi connectivity index (χ0) is 11.1. The van der Waals surface area contributed by atoms with Gasteiger partial charge in [-0.25, -0.2) is 10.3 Å². The maximum absolute atomic E-state index is 11.3. The fourth-order valence-electron chi connectivity index (χ4n) is 2.40. The molecule has 0 aromatic carbocycles. The second kappa shape index (κ2) is 6.67. The predicted molar refractivity (Wildman–Crippen MR) is 59.3 cm³/mol. The number of hydrogen-bond donors (Lipinski definition) is 2. The Bertz CT molecular complexity index is 195. The van der Waals surface area contributed by atoms with Crippen LogP contribution in [-0.2, 0) is 4.84 Å². The number of hydrogen-bond acceptors (Lipinski definition) is 2. The first-order valence-electron chi connectivity index (χ1n) is 5.87. The van der Waals surface area contributed by atoms with Gasteiger partial charge in [0.2, 0.25) is 0 Å². The summed E-state index contributed by atoms with van der Waals surface area (Å²) < 4.78 is 0. The largest absolute Gasteiger partial charge is 0.338 e. The van der Waals surface area contributed by atoms with Crippen molar-refractivity contribution in [3.05, 3.63) is 0 Å². The first-order chi connectivity index (χ1) is 7.27. The van der Waals surface area contributed by atoms with Gasteiger partial charge in [0.25, 0.3) is 0 Å². The molecule has 88 valence electrons. The molecule has 0 aromatic rings. The third-order valence-corrected chi connectivity index (χ3v) is 3.08. The lowest BCUT2D eigenvalue weighted by molar-refractivity contribution is 0.102. The van der Waals surface area contributed by atoms with Gasteiger partial charge < -0.3 is 5.32 Å². The second-order valence-corrected chi connectivity index (χ2v) is 4.22. The number of urea groups is 1. The summed E-state index contributed by atoms with van der Waals surface area (Å²) in [7, 11) is 1.45. The summed E-state index contributed by atoms with van der Waals surface area (Å²) in [6.45, 7) is 2.20. The third-order valence-electron chi connectivity index (χ3n) is 3.08. The molecule has 0 saturated heterocycles. The normalized spacial score (nSPS) is 26.0. The first kappa shape index (κ1) is 12.3. The Labute approximate surface area is 91.7 Å². The highest BCUT2D eigenvalue weighted by Crippen LogP contribution is 2.27. The van der Waals surface area contributed by atoms with Crippen LogP contribution in [0.5, 0.6) is 0 Å². The molecular weight excluding hydrogens is 192 g/mol. The SMILES string of the molecule is CCC[C@H]1CCCC[C@@H]1NC(=O)NOC. The van der Waals surface area contributed by atoms with Crippen molar-refractivity contribution in [2.75, 3.05) is 7.11 Å². The van der Waals surface area contributed by atoms with E-state index in [-0.39, 0.29) is 6.03 Å². The topological polar surface area (TPSA) is 50.4 Å². The van der Waals surface area contributed by atoms with Gasteiger partial charge in [-0.2, -0.15) is 0 Å². The number of hydroxylamine groups is 1. The summed E-state index contributed by atoms with van der Waals surface area (Å²) in [5.41, 5.74) is 2.31. The highest BCUT2D eigenvalue weighted by molar-refractivity contribution is 5.73. The molecule has 0 bridgehead atoms. The van der Waals surface area contributed by atoms with Crippen molar-refractivity contribution in [3.8, 4) is 0 Å². The van der Waals surface area contributed by atoms with Gasteiger partial charge in [-0.05, 0) is 25.2 Å². The molecule has 2 amide bonds. The summed E-state index contributed by atoms with van der Waals surface area (Å²) in [5.74, 6) is 0.645. The molecule has 0 unspecified atom stereocenters. The Morgan fingerprint density at radius 1 is 1.40 bits per heavy atom. The molecule has 0 aromatic heterocycles. The Kier molecular flexibility index (Phi) is 5.47. The minimum atomic E-state index is -0.217. The standard InChI is InChI=1S/C11H22N2O2/c1-3-6-9-7-4-5-8-10(9)12-11(14)13-15-2/h9-10H,3-8H2,1-2H3,(H2,12,13,14)/t9-,10-/m0/s1. The van der Waals surface area contributed by atoms with Gasteiger partial charge in [0.1, 0.15) is 0 Å². The van der Waals surface area contributed by atoms with Gasteiger partial charge in [0, 0.05) is 6.04 Å². The molecule has 0 heterocycles. The van der Waals surface area contributed by atoms with Crippen molar-refractivity contribution in [1.82, 2.24) is 10.8 Å². The van der Waals surface area contributed by atoms with Crippen molar-refractivity contribution in [2.24, 2.45) is 5.92 Å². The fraction of sp³-hybridized carbons (Fsp3) is 0.909. The zero-order valence-electron chi connectivity index (χ0n) is 9.71. The van der Waals surface area contributed by atoms with Crippen molar-refractivity contribution < 1.29 is 9.63 Å². The number of carbonyl (C=O) groups is 1. The van der Waals surface area contributed by atoms with E-state index < -0.39 is 0 Å². The Balaban J connectivity index is 2.38. The molecule has 4 heteroatoms. The number of nitrogens with one attached hydrogen (secondary N) is 2. The molecule has 4 nitrogen and oxygen atoms in total. The maximum atomic E-state index is 11.3. The number of amides is 2. The Morgan fingerprint density at radius 3 is 2.80 bits per heavy atom. The summed E-state index contributed by atoms with van der Waals surface area (Å²) in [6, 6.07) is 0.111. The molecule has 1 rings (SSSR count). The molecule has 2 N–H and O–H groups in total. The van der Waals surface area contributed by atoms with Gasteiger partial charge in [0.15, 0.2) is 0 Å². The van der Waals surface area contributed by atoms with Crippen molar-refractivity contribution in [2.45, 2.75) is 51.5 Å². The average molecular weight is 214 g/mol. The molecule has 2 atom stereocenters. The van der Waals surface area contributed by atoms with E-state index in [0.29, 0.717) is 12.0 Å². The lowest BCUT2D eigenvalue weighted by atomic mass is 9.82. The highest BCUT2D eigenvalue weighted by Gasteiger charge is 2.25. The van der Waals surface area contributed by atoms with E-state index in [2.05, 4.69) is 22.6 Å². The molecule has 0 spiro atoms. The van der Waals surface area contributed by atoms with Crippen LogP contribution in [-0.4, -0.2) is 19.2 Å². The lowest BCUT2D eigenvalue weighted by Crippen LogP contribution is -2.46. The highest BCUT2D eigenvalue weighted by atomic mass is 16.6. The molecule has 0 aliphatic heterocycles. The Hall–Kier alpha value is -0.770. The fourth-order valence-corrected chi connectivity index (χ4v) is 2.40. The smallest absolute Gasteiger partial charge is 0.333 e. The van der Waals surface area contributed by atoms with Crippen LogP contribution in [0.4, 0.5) is 4.79 Å². The minimum absolute atomic E-state index is 0.217. The van der Waals surface area contributed by atoms with Crippen LogP contribution in [0.2, 0.25) is 0 Å². The van der Waals surface area contributed by atoms with Gasteiger partial charge in [0.05, 0.1) is 7.11 Å². The molecular formula is C11H22N2O2. The van der Waals surface area contributed by atoms with Gasteiger partial charge in [-0.3, -0.25) is 4.84 Å². The van der Waals surface area contributed by atoms with Crippen LogP contribution < -0.4 is 10.8 Å². The molecule has 1 aliphatic carbocycles. The van der Waals surface area contributed by atoms with Crippen LogP contribution in [0.3, 0.4) is 0 Å². The minimum Gasteiger partial charge on any atom is -0.333 e. The molecule has 15 heavy (non-hydrogen) atoms. The van der Waals surface area contributed by atoms with E-state index in [1.54, 1.807) is 0 Å². The van der Waals surface area contributed by atoms with E-state index in [9.17, 15) is 4.79 Å². The van der Waals surface area contributed by atoms with Crippen LogP contribution in [0.15, 0.2) is 0 Å². The average Bonchev–Trinajstić information content (AvgIpc) is 2.21. The van der Waals surface area contributed by atoms with Crippen LogP contribution in [0.1, 0.15) is 45.4 Å². The summed E-state index contributed by atoms with van der Waals surface area (Å²) in [6.07, 6.45) is 7.26. The summed E-state index contributed by atoms with van der Waals surface area (Å²) >= 11 is 0. The maximum Gasteiger partial charge on any atom is 0.338 e. The summed E-state index contributed by atoms with van der Waals surface area (Å²) in [4.78, 5) is 15.9. The van der Waals surface area contributed by atoms with Crippen molar-refractivity contribution >= 4 is 6.03 Å². The molecule has 0 radical (unpaired) electrons. The lowest BCUT2D eigenvalue weighted by Gasteiger charge is -2.31. The van der Waals surface area contributed by atoms with Crippen molar-refractivity contribution in [1.29, 1.82) is 0 Å². The summed E-state index contributed by atoms with van der Waals surface area (Å²) in [5, 5.41) is 2.98. The van der Waals surface area contributed by atoms with Crippen LogP contribution in [0, 0.1) is 5.92 Å². The molecule has 1 fully saturated rings. The van der Waals surface area contributed by atoms with Crippen molar-refractivity contribution in [3.63, 3.8) is 0 Å². The van der Waals surface area contributed by atoms with E-state index in [0.717, 1.165) is 6.42 Å². The van der Waals surface area contributed by atoms with E-state index >= 15 is 0 Å². The first-order valence-corrected chi connectivity index (χ1v) is 5.87. The second-order valence-electron chi connectivity index (χ2n) is 4.22. The zero-order valence-corrected chi connectivity index (χ0v) is 9.71. The van der Waals surface area contributed by atoms with Gasteiger partial charge in [-0.1, -0.05) is 26.2 Å². The van der Waals surface area contributed by atoms with E-state index in [1.807, 2.05) is 0 Å². The third kappa shape index (κ3) is 4.08. The quantitative estimate of drug-likeness (QED) is 0.705. The molecule has 1 aliphatic rings. The Morgan fingerprint density at radius 2 is 2.13 bits per heavy atom. The van der Waals surface area contributed by atoms with Gasteiger partial charge >= 0.3 is 6.03 Å². The van der Waals surface area contributed by atoms with Gasteiger partial charge in [-0.15, -0.1) is 0 Å². The molecule has 1 saturated carbocycles. The number of carbonyl (C=O) groups excluding carboxylic acids is 1. The number of rotatable bonds is 4. The predicted octanol–water partition coefficient (Wildman–Crippen LogP) is 2.21.